The number of hydrogen-bond acceptors (Lipinski definition) is 6. The second-order valence-electron chi connectivity index (χ2n) is 4.00. The number of rotatable bonds is 7. The van der Waals surface area contributed by atoms with E-state index in [0.29, 0.717) is 11.1 Å². The van der Waals surface area contributed by atoms with Gasteiger partial charge in [-0.1, -0.05) is 23.9 Å². The van der Waals surface area contributed by atoms with Crippen molar-refractivity contribution in [1.82, 2.24) is 15.5 Å². The highest BCUT2D eigenvalue weighted by Crippen LogP contribution is 2.15. The van der Waals surface area contributed by atoms with Gasteiger partial charge >= 0.3 is 0 Å². The Morgan fingerprint density at radius 1 is 1.43 bits per heavy atom. The fourth-order valence-electron chi connectivity index (χ4n) is 1.43. The second kappa shape index (κ2) is 7.63. The summed E-state index contributed by atoms with van der Waals surface area (Å²) in [7, 11) is 0. The predicted octanol–water partition coefficient (Wildman–Crippen LogP) is 1.80. The molecular weight excluding hydrogens is 297 g/mol. The Morgan fingerprint density at radius 2 is 2.24 bits per heavy atom. The zero-order chi connectivity index (χ0) is 15.1. The van der Waals surface area contributed by atoms with Gasteiger partial charge in [-0.2, -0.15) is 0 Å². The van der Waals surface area contributed by atoms with Crippen LogP contribution in [-0.2, 0) is 4.79 Å². The minimum Gasteiger partial charge on any atom is -0.489 e. The van der Waals surface area contributed by atoms with E-state index in [-0.39, 0.29) is 30.6 Å². The van der Waals surface area contributed by atoms with Crippen LogP contribution in [0.5, 0.6) is 5.75 Å². The molecule has 0 aliphatic carbocycles. The van der Waals surface area contributed by atoms with E-state index >= 15 is 0 Å². The highest BCUT2D eigenvalue weighted by Gasteiger charge is 2.07. The second-order valence-corrected chi connectivity index (χ2v) is 4.93. The van der Waals surface area contributed by atoms with E-state index in [1.165, 1.54) is 12.1 Å². The molecule has 0 atom stereocenters. The van der Waals surface area contributed by atoms with E-state index in [4.69, 9.17) is 9.15 Å². The lowest BCUT2D eigenvalue weighted by molar-refractivity contribution is -0.118. The van der Waals surface area contributed by atoms with E-state index in [1.54, 1.807) is 19.1 Å². The van der Waals surface area contributed by atoms with Crippen LogP contribution in [0.4, 0.5) is 4.39 Å². The lowest BCUT2D eigenvalue weighted by atomic mass is 10.3. The van der Waals surface area contributed by atoms with Crippen LogP contribution in [0, 0.1) is 12.7 Å². The van der Waals surface area contributed by atoms with Crippen LogP contribution in [0.2, 0.25) is 0 Å². The molecule has 0 aliphatic rings. The van der Waals surface area contributed by atoms with Crippen molar-refractivity contribution >= 4 is 17.7 Å². The van der Waals surface area contributed by atoms with Crippen LogP contribution < -0.4 is 10.1 Å². The van der Waals surface area contributed by atoms with E-state index in [1.807, 2.05) is 0 Å². The first-order chi connectivity index (χ1) is 10.1. The lowest BCUT2D eigenvalue weighted by Gasteiger charge is -2.07. The molecule has 0 aliphatic heterocycles. The minimum atomic E-state index is -0.425. The quantitative estimate of drug-likeness (QED) is 0.620. The van der Waals surface area contributed by atoms with Crippen LogP contribution in [0.3, 0.4) is 0 Å². The van der Waals surface area contributed by atoms with E-state index < -0.39 is 5.82 Å². The van der Waals surface area contributed by atoms with E-state index in [9.17, 15) is 9.18 Å². The Labute approximate surface area is 125 Å². The van der Waals surface area contributed by atoms with Crippen molar-refractivity contribution < 1.29 is 18.3 Å². The highest BCUT2D eigenvalue weighted by molar-refractivity contribution is 7.99. The molecule has 0 spiro atoms. The first-order valence-electron chi connectivity index (χ1n) is 6.22. The Morgan fingerprint density at radius 3 is 2.95 bits per heavy atom. The Kier molecular flexibility index (Phi) is 5.56. The van der Waals surface area contributed by atoms with Gasteiger partial charge < -0.3 is 14.5 Å². The van der Waals surface area contributed by atoms with Crippen LogP contribution in [0.1, 0.15) is 5.89 Å². The van der Waals surface area contributed by atoms with Crippen molar-refractivity contribution in [3.8, 4) is 5.75 Å². The SMILES string of the molecule is Cc1nnc(SCC(=O)NCCOc2ccccc2F)o1. The summed E-state index contributed by atoms with van der Waals surface area (Å²) in [5, 5.41) is 10.4. The molecule has 0 saturated carbocycles. The summed E-state index contributed by atoms with van der Waals surface area (Å²) >= 11 is 1.15. The van der Waals surface area contributed by atoms with Gasteiger partial charge in [0.2, 0.25) is 11.8 Å². The van der Waals surface area contributed by atoms with Gasteiger partial charge in [0, 0.05) is 6.92 Å². The average Bonchev–Trinajstić information content (AvgIpc) is 2.89. The number of aryl methyl sites for hydroxylation is 1. The van der Waals surface area contributed by atoms with Crippen LogP contribution in [0.25, 0.3) is 0 Å². The van der Waals surface area contributed by atoms with Crippen LogP contribution in [0.15, 0.2) is 33.9 Å². The summed E-state index contributed by atoms with van der Waals surface area (Å²) in [6.07, 6.45) is 0. The first kappa shape index (κ1) is 15.3. The summed E-state index contributed by atoms with van der Waals surface area (Å²) in [6.45, 7) is 2.16. The van der Waals surface area contributed by atoms with Crippen molar-refractivity contribution in [2.45, 2.75) is 12.1 Å². The molecule has 0 fully saturated rings. The van der Waals surface area contributed by atoms with Gasteiger partial charge in [0.25, 0.3) is 5.22 Å². The number of benzene rings is 1. The van der Waals surface area contributed by atoms with Crippen molar-refractivity contribution in [1.29, 1.82) is 0 Å². The monoisotopic (exact) mass is 311 g/mol. The summed E-state index contributed by atoms with van der Waals surface area (Å²) < 4.78 is 23.6. The molecule has 1 N–H and O–H groups in total. The third-order valence-corrected chi connectivity index (χ3v) is 3.17. The van der Waals surface area contributed by atoms with Crippen molar-refractivity contribution in [2.24, 2.45) is 0 Å². The molecule has 112 valence electrons. The lowest BCUT2D eigenvalue weighted by Crippen LogP contribution is -2.29. The Hall–Kier alpha value is -2.09. The normalized spacial score (nSPS) is 10.4. The maximum Gasteiger partial charge on any atom is 0.277 e. The number of nitrogens with zero attached hydrogens (tertiary/aromatic N) is 2. The number of thioether (sulfide) groups is 1. The van der Waals surface area contributed by atoms with E-state index in [2.05, 4.69) is 15.5 Å². The van der Waals surface area contributed by atoms with E-state index in [0.717, 1.165) is 11.8 Å². The third-order valence-electron chi connectivity index (χ3n) is 2.35. The smallest absolute Gasteiger partial charge is 0.277 e. The van der Waals surface area contributed by atoms with Crippen LogP contribution in [-0.4, -0.2) is 35.0 Å². The largest absolute Gasteiger partial charge is 0.489 e. The fourth-order valence-corrected chi connectivity index (χ4v) is 2.06. The van der Waals surface area contributed by atoms with Gasteiger partial charge in [0.1, 0.15) is 6.61 Å². The summed E-state index contributed by atoms with van der Waals surface area (Å²) in [5.74, 6) is 0.180. The van der Waals surface area contributed by atoms with Crippen molar-refractivity contribution in [3.63, 3.8) is 0 Å². The molecule has 0 saturated heterocycles. The molecular formula is C13H14FN3O3S. The molecule has 21 heavy (non-hydrogen) atoms. The fraction of sp³-hybridized carbons (Fsp3) is 0.308. The minimum absolute atomic E-state index is 0.168. The third kappa shape index (κ3) is 5.07. The molecule has 1 aromatic carbocycles. The molecule has 1 amide bonds. The molecule has 1 heterocycles. The highest BCUT2D eigenvalue weighted by atomic mass is 32.2. The molecule has 2 aromatic rings. The van der Waals surface area contributed by atoms with Crippen molar-refractivity contribution in [2.75, 3.05) is 18.9 Å². The number of nitrogens with one attached hydrogen (secondary N) is 1. The maximum absolute atomic E-state index is 13.2. The summed E-state index contributed by atoms with van der Waals surface area (Å²) in [4.78, 5) is 11.6. The summed E-state index contributed by atoms with van der Waals surface area (Å²) in [6, 6.07) is 6.11. The number of carbonyl (C=O) groups excluding carboxylic acids is 1. The Bertz CT molecular complexity index is 606. The van der Waals surface area contributed by atoms with Gasteiger partial charge in [-0.3, -0.25) is 4.79 Å². The average molecular weight is 311 g/mol. The number of para-hydroxylation sites is 1. The number of hydrogen-bond donors (Lipinski definition) is 1. The number of amides is 1. The Balaban J connectivity index is 1.62. The molecule has 0 unspecified atom stereocenters. The number of carbonyl (C=O) groups is 1. The molecule has 0 radical (unpaired) electrons. The van der Waals surface area contributed by atoms with Crippen LogP contribution >= 0.6 is 11.8 Å². The first-order valence-corrected chi connectivity index (χ1v) is 7.20. The molecule has 6 nitrogen and oxygen atoms in total. The van der Waals surface area contributed by atoms with Crippen molar-refractivity contribution in [3.05, 3.63) is 36.0 Å². The molecule has 2 rings (SSSR count). The zero-order valence-corrected chi connectivity index (χ0v) is 12.2. The topological polar surface area (TPSA) is 77.2 Å². The summed E-state index contributed by atoms with van der Waals surface area (Å²) in [5.41, 5.74) is 0. The van der Waals surface area contributed by atoms with Gasteiger partial charge in [-0.05, 0) is 12.1 Å². The number of ether oxygens (including phenoxy) is 1. The van der Waals surface area contributed by atoms with Gasteiger partial charge in [-0.15, -0.1) is 10.2 Å². The maximum atomic E-state index is 13.2. The predicted molar refractivity (Wildman–Crippen MR) is 74.7 cm³/mol. The van der Waals surface area contributed by atoms with Gasteiger partial charge in [-0.25, -0.2) is 4.39 Å². The standard InChI is InChI=1S/C13H14FN3O3S/c1-9-16-17-13(20-9)21-8-12(18)15-6-7-19-11-5-3-2-4-10(11)14/h2-5H,6-8H2,1H3,(H,15,18). The molecule has 0 bridgehead atoms. The van der Waals surface area contributed by atoms with Gasteiger partial charge in [0.15, 0.2) is 11.6 Å². The zero-order valence-electron chi connectivity index (χ0n) is 11.3. The van der Waals surface area contributed by atoms with Gasteiger partial charge in [0.05, 0.1) is 12.3 Å². The molecule has 8 heteroatoms. The number of aromatic nitrogens is 2. The molecule has 1 aromatic heterocycles. The number of halogens is 1.